The van der Waals surface area contributed by atoms with Gasteiger partial charge in [0.05, 0.1) is 11.3 Å². The van der Waals surface area contributed by atoms with Gasteiger partial charge in [-0.25, -0.2) is 0 Å². The lowest BCUT2D eigenvalue weighted by atomic mass is 9.90. The second-order valence-electron chi connectivity index (χ2n) is 5.30. The molecule has 0 aliphatic carbocycles. The van der Waals surface area contributed by atoms with E-state index in [1.54, 1.807) is 0 Å². The predicted octanol–water partition coefficient (Wildman–Crippen LogP) is 1.23. The number of carbonyl (C=O) groups excluding carboxylic acids is 1. The Morgan fingerprint density at radius 3 is 2.50 bits per heavy atom. The number of carbonyl (C=O) groups is 1. The van der Waals surface area contributed by atoms with Gasteiger partial charge >= 0.3 is 0 Å². The number of piperidine rings is 1. The molecule has 1 amide bonds. The molecule has 0 aromatic carbocycles. The van der Waals surface area contributed by atoms with Crippen LogP contribution in [0.1, 0.15) is 41.5 Å². The number of amides is 1. The van der Waals surface area contributed by atoms with Crippen molar-refractivity contribution in [3.05, 3.63) is 17.0 Å². The van der Waals surface area contributed by atoms with Crippen molar-refractivity contribution in [1.29, 1.82) is 0 Å². The van der Waals surface area contributed by atoms with Crippen LogP contribution in [-0.2, 0) is 0 Å². The van der Waals surface area contributed by atoms with E-state index in [1.165, 1.54) is 0 Å². The Morgan fingerprint density at radius 2 is 2.06 bits per heavy atom. The number of rotatable bonds is 2. The van der Waals surface area contributed by atoms with Gasteiger partial charge in [-0.2, -0.15) is 5.10 Å². The minimum absolute atomic E-state index is 0.0990. The fraction of sp³-hybridized carbons (Fsp3) is 0.692. The number of nitrogens with two attached hydrogens (primary N) is 1. The van der Waals surface area contributed by atoms with Gasteiger partial charge in [0.1, 0.15) is 0 Å². The lowest BCUT2D eigenvalue weighted by Crippen LogP contribution is -2.42. The monoisotopic (exact) mass is 250 g/mol. The minimum Gasteiger partial charge on any atom is -0.339 e. The molecule has 1 aliphatic heterocycles. The Labute approximate surface area is 108 Å². The number of likely N-dealkylation sites (tertiary alicyclic amines) is 1. The van der Waals surface area contributed by atoms with Crippen molar-refractivity contribution in [1.82, 2.24) is 15.1 Å². The molecule has 3 N–H and O–H groups in total. The SMILES string of the molecule is Cc1n[nH]c(C)c1C(=O)N1CCC(C(C)N)CC1. The number of aromatic nitrogens is 2. The number of aromatic amines is 1. The van der Waals surface area contributed by atoms with E-state index in [9.17, 15) is 4.79 Å². The number of hydrogen-bond donors (Lipinski definition) is 2. The summed E-state index contributed by atoms with van der Waals surface area (Å²) in [5, 5.41) is 6.95. The van der Waals surface area contributed by atoms with E-state index in [1.807, 2.05) is 25.7 Å². The second kappa shape index (κ2) is 5.10. The summed E-state index contributed by atoms with van der Waals surface area (Å²) < 4.78 is 0. The zero-order chi connectivity index (χ0) is 13.3. The van der Waals surface area contributed by atoms with Crippen LogP contribution in [0.25, 0.3) is 0 Å². The minimum atomic E-state index is 0.0990. The molecule has 5 nitrogen and oxygen atoms in total. The van der Waals surface area contributed by atoms with Crippen LogP contribution in [0.3, 0.4) is 0 Å². The topological polar surface area (TPSA) is 75.0 Å². The highest BCUT2D eigenvalue weighted by Crippen LogP contribution is 2.22. The number of hydrogen-bond acceptors (Lipinski definition) is 3. The highest BCUT2D eigenvalue weighted by atomic mass is 16.2. The maximum atomic E-state index is 12.4. The van der Waals surface area contributed by atoms with Crippen molar-refractivity contribution in [3.8, 4) is 0 Å². The van der Waals surface area contributed by atoms with Gasteiger partial charge < -0.3 is 10.6 Å². The summed E-state index contributed by atoms with van der Waals surface area (Å²) >= 11 is 0. The van der Waals surface area contributed by atoms with Crippen LogP contribution in [0, 0.1) is 19.8 Å². The zero-order valence-corrected chi connectivity index (χ0v) is 11.4. The van der Waals surface area contributed by atoms with Gasteiger partial charge in [0.2, 0.25) is 0 Å². The molecule has 1 aromatic rings. The van der Waals surface area contributed by atoms with Crippen molar-refractivity contribution in [2.45, 2.75) is 39.7 Å². The molecule has 1 aromatic heterocycles. The summed E-state index contributed by atoms with van der Waals surface area (Å²) in [6.07, 6.45) is 2.00. The van der Waals surface area contributed by atoms with Gasteiger partial charge in [0.15, 0.2) is 0 Å². The molecule has 1 atom stereocenters. The van der Waals surface area contributed by atoms with Gasteiger partial charge in [-0.1, -0.05) is 0 Å². The Morgan fingerprint density at radius 1 is 1.44 bits per heavy atom. The third-order valence-electron chi connectivity index (χ3n) is 3.91. The molecule has 1 aliphatic rings. The van der Waals surface area contributed by atoms with E-state index in [0.717, 1.165) is 42.9 Å². The Hall–Kier alpha value is -1.36. The van der Waals surface area contributed by atoms with Crippen LogP contribution >= 0.6 is 0 Å². The highest BCUT2D eigenvalue weighted by Gasteiger charge is 2.27. The van der Waals surface area contributed by atoms with Gasteiger partial charge in [-0.3, -0.25) is 9.89 Å². The highest BCUT2D eigenvalue weighted by molar-refractivity contribution is 5.96. The largest absolute Gasteiger partial charge is 0.339 e. The van der Waals surface area contributed by atoms with Gasteiger partial charge in [0.25, 0.3) is 5.91 Å². The van der Waals surface area contributed by atoms with Gasteiger partial charge in [-0.15, -0.1) is 0 Å². The van der Waals surface area contributed by atoms with Crippen LogP contribution in [0.2, 0.25) is 0 Å². The molecule has 2 heterocycles. The molecule has 1 unspecified atom stereocenters. The first-order valence-corrected chi connectivity index (χ1v) is 6.57. The molecular weight excluding hydrogens is 228 g/mol. The van der Waals surface area contributed by atoms with Crippen molar-refractivity contribution < 1.29 is 4.79 Å². The van der Waals surface area contributed by atoms with Crippen LogP contribution < -0.4 is 5.73 Å². The van der Waals surface area contributed by atoms with Crippen LogP contribution in [0.5, 0.6) is 0 Å². The standard InChI is InChI=1S/C13H22N4O/c1-8(14)11-4-6-17(7-5-11)13(18)12-9(2)15-16-10(12)3/h8,11H,4-7,14H2,1-3H3,(H,15,16). The maximum absolute atomic E-state index is 12.4. The lowest BCUT2D eigenvalue weighted by Gasteiger charge is -2.33. The summed E-state index contributed by atoms with van der Waals surface area (Å²) in [7, 11) is 0. The van der Waals surface area contributed by atoms with E-state index in [2.05, 4.69) is 10.2 Å². The molecule has 5 heteroatoms. The Balaban J connectivity index is 2.04. The average molecular weight is 250 g/mol. The van der Waals surface area contributed by atoms with E-state index in [0.29, 0.717) is 5.92 Å². The average Bonchev–Trinajstić information content (AvgIpc) is 2.68. The molecule has 1 fully saturated rings. The number of nitrogens with zero attached hydrogens (tertiary/aromatic N) is 2. The lowest BCUT2D eigenvalue weighted by molar-refractivity contribution is 0.0679. The first kappa shape index (κ1) is 13.1. The molecule has 0 radical (unpaired) electrons. The first-order chi connectivity index (χ1) is 8.50. The van der Waals surface area contributed by atoms with Crippen LogP contribution in [-0.4, -0.2) is 40.1 Å². The van der Waals surface area contributed by atoms with Crippen molar-refractivity contribution >= 4 is 5.91 Å². The Bertz CT molecular complexity index is 411. The van der Waals surface area contributed by atoms with E-state index in [-0.39, 0.29) is 11.9 Å². The molecule has 0 saturated carbocycles. The van der Waals surface area contributed by atoms with Crippen molar-refractivity contribution in [3.63, 3.8) is 0 Å². The smallest absolute Gasteiger partial charge is 0.257 e. The third-order valence-corrected chi connectivity index (χ3v) is 3.91. The van der Waals surface area contributed by atoms with Crippen LogP contribution in [0.15, 0.2) is 0 Å². The van der Waals surface area contributed by atoms with E-state index < -0.39 is 0 Å². The van der Waals surface area contributed by atoms with Gasteiger partial charge in [0, 0.05) is 24.8 Å². The quantitative estimate of drug-likeness (QED) is 0.829. The third kappa shape index (κ3) is 2.41. The normalized spacial score (nSPS) is 19.0. The predicted molar refractivity (Wildman–Crippen MR) is 70.3 cm³/mol. The van der Waals surface area contributed by atoms with Crippen LogP contribution in [0.4, 0.5) is 0 Å². The Kier molecular flexibility index (Phi) is 3.71. The summed E-state index contributed by atoms with van der Waals surface area (Å²) in [5.41, 5.74) is 8.28. The summed E-state index contributed by atoms with van der Waals surface area (Å²) in [4.78, 5) is 14.3. The molecule has 0 spiro atoms. The van der Waals surface area contributed by atoms with Gasteiger partial charge in [-0.05, 0) is 39.5 Å². The maximum Gasteiger partial charge on any atom is 0.257 e. The van der Waals surface area contributed by atoms with E-state index in [4.69, 9.17) is 5.73 Å². The number of aryl methyl sites for hydroxylation is 2. The van der Waals surface area contributed by atoms with Crippen molar-refractivity contribution in [2.75, 3.05) is 13.1 Å². The summed E-state index contributed by atoms with van der Waals surface area (Å²) in [6.45, 7) is 7.41. The summed E-state index contributed by atoms with van der Waals surface area (Å²) in [6, 6.07) is 0.222. The fourth-order valence-corrected chi connectivity index (χ4v) is 2.65. The van der Waals surface area contributed by atoms with E-state index >= 15 is 0 Å². The zero-order valence-electron chi connectivity index (χ0n) is 11.4. The molecule has 0 bridgehead atoms. The number of nitrogens with one attached hydrogen (secondary N) is 1. The second-order valence-corrected chi connectivity index (χ2v) is 5.30. The van der Waals surface area contributed by atoms with Crippen molar-refractivity contribution in [2.24, 2.45) is 11.7 Å². The fourth-order valence-electron chi connectivity index (χ4n) is 2.65. The molecule has 100 valence electrons. The first-order valence-electron chi connectivity index (χ1n) is 6.57. The summed E-state index contributed by atoms with van der Waals surface area (Å²) in [5.74, 6) is 0.641. The molecular formula is C13H22N4O. The number of H-pyrrole nitrogens is 1. The molecule has 2 rings (SSSR count). The molecule has 1 saturated heterocycles. The molecule has 18 heavy (non-hydrogen) atoms.